The lowest BCUT2D eigenvalue weighted by molar-refractivity contribution is 0.157. The third kappa shape index (κ3) is 4.71. The van der Waals surface area contributed by atoms with Gasteiger partial charge in [0.1, 0.15) is 0 Å². The number of urea groups is 1. The van der Waals surface area contributed by atoms with E-state index >= 15 is 0 Å². The number of aromatic nitrogens is 2. The summed E-state index contributed by atoms with van der Waals surface area (Å²) >= 11 is 0. The minimum Gasteiger partial charge on any atom is -0.382 e. The molecule has 1 aromatic rings. The summed E-state index contributed by atoms with van der Waals surface area (Å²) in [4.78, 5) is 14.2. The van der Waals surface area contributed by atoms with Crippen LogP contribution in [0.3, 0.4) is 0 Å². The molecule has 0 spiro atoms. The van der Waals surface area contributed by atoms with E-state index < -0.39 is 0 Å². The SMILES string of the molecule is COC[C@@H](C)n1ccc(NC(=O)NC2CCN(C)CC2)n1. The molecule has 21 heavy (non-hydrogen) atoms. The average molecular weight is 295 g/mol. The minimum absolute atomic E-state index is 0.141. The van der Waals surface area contributed by atoms with Crippen LogP contribution in [0.2, 0.25) is 0 Å². The highest BCUT2D eigenvalue weighted by Crippen LogP contribution is 2.11. The average Bonchev–Trinajstić information content (AvgIpc) is 2.90. The molecular weight excluding hydrogens is 270 g/mol. The molecule has 1 saturated heterocycles. The summed E-state index contributed by atoms with van der Waals surface area (Å²) < 4.78 is 6.88. The lowest BCUT2D eigenvalue weighted by atomic mass is 10.1. The van der Waals surface area contributed by atoms with E-state index in [0.717, 1.165) is 25.9 Å². The van der Waals surface area contributed by atoms with Gasteiger partial charge in [-0.1, -0.05) is 0 Å². The molecule has 0 aromatic carbocycles. The lowest BCUT2D eigenvalue weighted by Gasteiger charge is -2.29. The molecule has 0 aliphatic carbocycles. The van der Waals surface area contributed by atoms with Gasteiger partial charge in [0.15, 0.2) is 5.82 Å². The highest BCUT2D eigenvalue weighted by Gasteiger charge is 2.18. The molecule has 0 saturated carbocycles. The normalized spacial score (nSPS) is 18.4. The smallest absolute Gasteiger partial charge is 0.320 e. The molecule has 7 heteroatoms. The number of hydrogen-bond acceptors (Lipinski definition) is 4. The van der Waals surface area contributed by atoms with Gasteiger partial charge in [-0.3, -0.25) is 10.00 Å². The first-order valence-electron chi connectivity index (χ1n) is 7.38. The Balaban J connectivity index is 1.80. The number of nitrogens with one attached hydrogen (secondary N) is 2. The lowest BCUT2D eigenvalue weighted by Crippen LogP contribution is -2.44. The highest BCUT2D eigenvalue weighted by atomic mass is 16.5. The third-order valence-electron chi connectivity index (χ3n) is 3.76. The third-order valence-corrected chi connectivity index (χ3v) is 3.76. The van der Waals surface area contributed by atoms with Gasteiger partial charge in [-0.25, -0.2) is 4.79 Å². The zero-order valence-corrected chi connectivity index (χ0v) is 13.0. The van der Waals surface area contributed by atoms with Crippen molar-refractivity contribution in [2.75, 3.05) is 39.2 Å². The van der Waals surface area contributed by atoms with Gasteiger partial charge in [0.2, 0.25) is 0 Å². The summed E-state index contributed by atoms with van der Waals surface area (Å²) in [5.74, 6) is 0.559. The first-order chi connectivity index (χ1) is 10.1. The summed E-state index contributed by atoms with van der Waals surface area (Å²) in [6, 6.07) is 1.99. The summed E-state index contributed by atoms with van der Waals surface area (Å²) in [6.07, 6.45) is 3.82. The number of nitrogens with zero attached hydrogens (tertiary/aromatic N) is 3. The van der Waals surface area contributed by atoms with E-state index in [-0.39, 0.29) is 18.1 Å². The van der Waals surface area contributed by atoms with E-state index in [1.54, 1.807) is 17.9 Å². The Morgan fingerprint density at radius 1 is 1.52 bits per heavy atom. The zero-order valence-electron chi connectivity index (χ0n) is 13.0. The monoisotopic (exact) mass is 295 g/mol. The number of likely N-dealkylation sites (tertiary alicyclic amines) is 1. The van der Waals surface area contributed by atoms with Crippen LogP contribution in [0.25, 0.3) is 0 Å². The van der Waals surface area contributed by atoms with Crippen molar-refractivity contribution in [3.05, 3.63) is 12.3 Å². The molecule has 0 unspecified atom stereocenters. The van der Waals surface area contributed by atoms with Crippen molar-refractivity contribution in [1.29, 1.82) is 0 Å². The van der Waals surface area contributed by atoms with Crippen LogP contribution in [0.15, 0.2) is 12.3 Å². The fourth-order valence-electron chi connectivity index (χ4n) is 2.46. The molecule has 7 nitrogen and oxygen atoms in total. The van der Waals surface area contributed by atoms with Crippen LogP contribution in [0.5, 0.6) is 0 Å². The first-order valence-corrected chi connectivity index (χ1v) is 7.38. The number of carbonyl (C=O) groups excluding carboxylic acids is 1. The molecule has 2 N–H and O–H groups in total. The Morgan fingerprint density at radius 2 is 2.24 bits per heavy atom. The van der Waals surface area contributed by atoms with Gasteiger partial charge in [0.25, 0.3) is 0 Å². The van der Waals surface area contributed by atoms with Gasteiger partial charge in [-0.2, -0.15) is 5.10 Å². The van der Waals surface area contributed by atoms with Crippen LogP contribution >= 0.6 is 0 Å². The number of carbonyl (C=O) groups is 1. The van der Waals surface area contributed by atoms with Gasteiger partial charge in [0, 0.05) is 25.4 Å². The van der Waals surface area contributed by atoms with Crippen molar-refractivity contribution < 1.29 is 9.53 Å². The van der Waals surface area contributed by atoms with Gasteiger partial charge in [-0.05, 0) is 39.9 Å². The van der Waals surface area contributed by atoms with Gasteiger partial charge in [-0.15, -0.1) is 0 Å². The van der Waals surface area contributed by atoms with E-state index in [4.69, 9.17) is 4.74 Å². The molecule has 1 aliphatic heterocycles. The molecule has 1 fully saturated rings. The van der Waals surface area contributed by atoms with E-state index in [1.807, 2.05) is 13.1 Å². The summed E-state index contributed by atoms with van der Waals surface area (Å²) in [6.45, 7) is 4.64. The van der Waals surface area contributed by atoms with Crippen LogP contribution in [0, 0.1) is 0 Å². The molecule has 0 radical (unpaired) electrons. The Bertz CT molecular complexity index is 454. The minimum atomic E-state index is -0.186. The number of piperidine rings is 1. The number of amides is 2. The molecule has 1 atom stereocenters. The molecule has 118 valence electrons. The quantitative estimate of drug-likeness (QED) is 0.859. The van der Waals surface area contributed by atoms with Gasteiger partial charge < -0.3 is 15.0 Å². The number of anilines is 1. The first kappa shape index (κ1) is 15.8. The molecule has 2 amide bonds. The number of hydrogen-bond donors (Lipinski definition) is 2. The van der Waals surface area contributed by atoms with Gasteiger partial charge in [0.05, 0.1) is 12.6 Å². The van der Waals surface area contributed by atoms with Crippen LogP contribution < -0.4 is 10.6 Å². The Labute approximate surface area is 125 Å². The standard InChI is InChI=1S/C14H25N5O2/c1-11(10-21-3)19-9-6-13(17-19)16-14(20)15-12-4-7-18(2)8-5-12/h6,9,11-12H,4-5,7-8,10H2,1-3H3,(H2,15,16,17,20)/t11-/m1/s1. The Morgan fingerprint density at radius 3 is 2.90 bits per heavy atom. The predicted octanol–water partition coefficient (Wildman–Crippen LogP) is 1.31. The molecule has 2 heterocycles. The van der Waals surface area contributed by atoms with Crippen molar-refractivity contribution >= 4 is 11.8 Å². The Hall–Kier alpha value is -1.60. The number of rotatable bonds is 5. The highest BCUT2D eigenvalue weighted by molar-refractivity contribution is 5.88. The van der Waals surface area contributed by atoms with Crippen LogP contribution in [0.1, 0.15) is 25.8 Å². The van der Waals surface area contributed by atoms with Gasteiger partial charge >= 0.3 is 6.03 Å². The van der Waals surface area contributed by atoms with Crippen molar-refractivity contribution in [2.45, 2.75) is 31.8 Å². The fourth-order valence-corrected chi connectivity index (χ4v) is 2.46. The van der Waals surface area contributed by atoms with E-state index in [1.165, 1.54) is 0 Å². The topological polar surface area (TPSA) is 71.4 Å². The number of ether oxygens (including phenoxy) is 1. The van der Waals surface area contributed by atoms with E-state index in [0.29, 0.717) is 12.4 Å². The summed E-state index contributed by atoms with van der Waals surface area (Å²) in [5.41, 5.74) is 0. The summed E-state index contributed by atoms with van der Waals surface area (Å²) in [7, 11) is 3.76. The maximum atomic E-state index is 12.0. The molecule has 1 aromatic heterocycles. The number of methoxy groups -OCH3 is 1. The molecule has 1 aliphatic rings. The summed E-state index contributed by atoms with van der Waals surface area (Å²) in [5, 5.41) is 10.1. The maximum Gasteiger partial charge on any atom is 0.320 e. The second kappa shape index (κ2) is 7.42. The maximum absolute atomic E-state index is 12.0. The van der Waals surface area contributed by atoms with E-state index in [9.17, 15) is 4.79 Å². The Kier molecular flexibility index (Phi) is 5.58. The second-order valence-electron chi connectivity index (χ2n) is 5.66. The van der Waals surface area contributed by atoms with Crippen molar-refractivity contribution in [3.63, 3.8) is 0 Å². The van der Waals surface area contributed by atoms with E-state index in [2.05, 4.69) is 27.7 Å². The predicted molar refractivity (Wildman–Crippen MR) is 81.5 cm³/mol. The van der Waals surface area contributed by atoms with Crippen LogP contribution in [-0.2, 0) is 4.74 Å². The molecule has 0 bridgehead atoms. The second-order valence-corrected chi connectivity index (χ2v) is 5.66. The molecular formula is C14H25N5O2. The van der Waals surface area contributed by atoms with Crippen molar-refractivity contribution in [2.24, 2.45) is 0 Å². The zero-order chi connectivity index (χ0) is 15.2. The van der Waals surface area contributed by atoms with Crippen molar-refractivity contribution in [1.82, 2.24) is 20.0 Å². The molecule has 2 rings (SSSR count). The largest absolute Gasteiger partial charge is 0.382 e. The van der Waals surface area contributed by atoms with Crippen LogP contribution in [0.4, 0.5) is 10.6 Å². The van der Waals surface area contributed by atoms with Crippen molar-refractivity contribution in [3.8, 4) is 0 Å². The fraction of sp³-hybridized carbons (Fsp3) is 0.714. The van der Waals surface area contributed by atoms with Crippen LogP contribution in [-0.4, -0.2) is 60.6 Å².